The molecule has 0 heterocycles. The second-order valence-electron chi connectivity index (χ2n) is 1.48. The first kappa shape index (κ1) is 19.2. The van der Waals surface area contributed by atoms with Crippen LogP contribution in [0.5, 0.6) is 0 Å². The zero-order valence-corrected chi connectivity index (χ0v) is 9.23. The molecule has 0 rings (SSSR count). The molecule has 0 aliphatic rings. The third kappa shape index (κ3) is 19.1. The van der Waals surface area contributed by atoms with Crippen molar-refractivity contribution in [2.45, 2.75) is 0 Å². The van der Waals surface area contributed by atoms with Crippen LogP contribution in [0, 0.1) is 0 Å². The minimum Gasteiger partial charge on any atom is -0.660 e. The molecule has 13 heteroatoms. The highest BCUT2D eigenvalue weighted by molar-refractivity contribution is 6.60. The standard InChI is InChI=1S/Al.2H3O4Si.2H2O/c;2*1-5(2,3)4;;/h;2*1-3H;2*1H2/q+1;2*-1;;. The van der Waals surface area contributed by atoms with Crippen molar-refractivity contribution in [3.05, 3.63) is 0 Å². The maximum absolute atomic E-state index is 8.15. The molecule has 0 aromatic rings. The zero-order chi connectivity index (χ0) is 9.12. The van der Waals surface area contributed by atoms with Crippen LogP contribution in [0.2, 0.25) is 0 Å². The van der Waals surface area contributed by atoms with Gasteiger partial charge in [-0.1, -0.05) is 0 Å². The molecule has 10 N–H and O–H groups in total. The Morgan fingerprint density at radius 1 is 0.692 bits per heavy atom. The van der Waals surface area contributed by atoms with Crippen LogP contribution in [0.1, 0.15) is 0 Å². The molecule has 0 saturated heterocycles. The van der Waals surface area contributed by atoms with Gasteiger partial charge < -0.3 is 46.7 Å². The molecule has 0 aromatic carbocycles. The van der Waals surface area contributed by atoms with E-state index in [1.165, 1.54) is 0 Å². The minimum atomic E-state index is -4.66. The van der Waals surface area contributed by atoms with Gasteiger partial charge in [0, 0.05) is 0 Å². The molecule has 10 nitrogen and oxygen atoms in total. The number of hydrogen-bond acceptors (Lipinski definition) is 8. The van der Waals surface area contributed by atoms with Gasteiger partial charge in [0.05, 0.1) is 0 Å². The second-order valence-corrected chi connectivity index (χ2v) is 5.85. The fraction of sp³-hybridized carbons (Fsp3) is 0. The highest BCUT2D eigenvalue weighted by Crippen LogP contribution is 1.91. The van der Waals surface area contributed by atoms with E-state index in [0.29, 0.717) is 0 Å². The Morgan fingerprint density at radius 3 is 1.08 bits per heavy atom. The van der Waals surface area contributed by atoms with Gasteiger partial charge in [-0.3, -0.25) is 0 Å². The summed E-state index contributed by atoms with van der Waals surface area (Å²) in [5.41, 5.74) is 0. The van der Waals surface area contributed by atoms with Gasteiger partial charge in [0.2, 0.25) is 0 Å². The molecule has 82 valence electrons. The predicted octanol–water partition coefficient (Wildman–Crippen LogP) is -6.27. The van der Waals surface area contributed by atoms with Crippen molar-refractivity contribution in [3.8, 4) is 0 Å². The quantitative estimate of drug-likeness (QED) is 0.265. The average molecular weight is 253 g/mol. The number of rotatable bonds is 4. The van der Waals surface area contributed by atoms with Gasteiger partial charge in [-0.15, -0.1) is 0 Å². The molecule has 13 heavy (non-hydrogen) atoms. The van der Waals surface area contributed by atoms with Crippen molar-refractivity contribution in [2.75, 3.05) is 0 Å². The summed E-state index contributed by atoms with van der Waals surface area (Å²) in [4.78, 5) is 48.9. The lowest BCUT2D eigenvalue weighted by Crippen LogP contribution is -2.46. The fourth-order valence-corrected chi connectivity index (χ4v) is 1.81. The van der Waals surface area contributed by atoms with Crippen LogP contribution >= 0.6 is 0 Å². The van der Waals surface area contributed by atoms with Crippen LogP contribution in [-0.2, 0) is 6.96 Å². The Labute approximate surface area is 81.2 Å². The van der Waals surface area contributed by atoms with Gasteiger partial charge in [0.15, 0.2) is 0 Å². The maximum atomic E-state index is 8.15. The normalized spacial score (nSPS) is 11.5. The van der Waals surface area contributed by atoms with E-state index < -0.39 is 34.0 Å². The van der Waals surface area contributed by atoms with E-state index >= 15 is 0 Å². The minimum absolute atomic E-state index is 0. The molecule has 0 atom stereocenters. The first-order valence-electron chi connectivity index (χ1n) is 2.22. The smallest absolute Gasteiger partial charge is 0.608 e. The van der Waals surface area contributed by atoms with Crippen molar-refractivity contribution < 1.29 is 46.7 Å². The van der Waals surface area contributed by atoms with Crippen LogP contribution < -0.4 is 0 Å². The van der Waals surface area contributed by atoms with Crippen LogP contribution in [0.15, 0.2) is 0 Å². The summed E-state index contributed by atoms with van der Waals surface area (Å²) in [6, 6.07) is 0. The van der Waals surface area contributed by atoms with Gasteiger partial charge in [0.25, 0.3) is 0 Å². The molecular formula is H10AlO10Si2-. The number of hydrogen-bond donors (Lipinski definition) is 6. The third-order valence-corrected chi connectivity index (χ3v) is 3.71. The maximum Gasteiger partial charge on any atom is 0.608 e. The van der Waals surface area contributed by atoms with Gasteiger partial charge >= 0.3 is 18.1 Å². The summed E-state index contributed by atoms with van der Waals surface area (Å²) in [6.07, 6.45) is 0. The highest BCUT2D eigenvalue weighted by atomic mass is 28.4. The van der Waals surface area contributed by atoms with Gasteiger partial charge in [0.1, 0.15) is 15.9 Å². The lowest BCUT2D eigenvalue weighted by Gasteiger charge is -2.27. The first-order valence-corrected chi connectivity index (χ1v) is 6.66. The van der Waals surface area contributed by atoms with Crippen molar-refractivity contribution in [2.24, 2.45) is 0 Å². The highest BCUT2D eigenvalue weighted by Gasteiger charge is 2.26. The molecule has 0 fully saturated rings. The second kappa shape index (κ2) is 6.94. The van der Waals surface area contributed by atoms with Gasteiger partial charge in [-0.05, 0) is 0 Å². The van der Waals surface area contributed by atoms with E-state index in [4.69, 9.17) is 28.8 Å². The summed E-state index contributed by atoms with van der Waals surface area (Å²) in [5, 5.41) is 0. The van der Waals surface area contributed by atoms with Crippen LogP contribution in [0.4, 0.5) is 0 Å². The molecule has 0 aromatic heterocycles. The molecule has 0 spiro atoms. The molecule has 0 unspecified atom stereocenters. The summed E-state index contributed by atoms with van der Waals surface area (Å²) >= 11 is -1.71. The Kier molecular flexibility index (Phi) is 10.2. The van der Waals surface area contributed by atoms with E-state index in [-0.39, 0.29) is 11.0 Å². The molecule has 0 bridgehead atoms. The van der Waals surface area contributed by atoms with Crippen LogP contribution in [0.25, 0.3) is 0 Å². The van der Waals surface area contributed by atoms with Gasteiger partial charge in [-0.2, -0.15) is 0 Å². The topological polar surface area (TPSA) is 203 Å². The zero-order valence-electron chi connectivity index (χ0n) is 6.08. The molecule has 0 saturated carbocycles. The van der Waals surface area contributed by atoms with Crippen molar-refractivity contribution >= 4 is 34.0 Å². The molecule has 0 aliphatic carbocycles. The Morgan fingerprint density at radius 2 is 0.923 bits per heavy atom. The first-order chi connectivity index (χ1) is 4.71. The summed E-state index contributed by atoms with van der Waals surface area (Å²) < 4.78 is 7.65. The molecular weight excluding hydrogens is 243 g/mol. The average Bonchev–Trinajstić information content (AvgIpc) is 1.55. The van der Waals surface area contributed by atoms with Crippen molar-refractivity contribution in [1.29, 1.82) is 0 Å². The monoisotopic (exact) mass is 253 g/mol. The summed E-state index contributed by atoms with van der Waals surface area (Å²) in [6.45, 7) is 0. The molecule has 2 radical (unpaired) electrons. The van der Waals surface area contributed by atoms with E-state index in [1.54, 1.807) is 0 Å². The van der Waals surface area contributed by atoms with Crippen molar-refractivity contribution in [3.63, 3.8) is 0 Å². The van der Waals surface area contributed by atoms with E-state index in [2.05, 4.69) is 6.96 Å². The lowest BCUT2D eigenvalue weighted by molar-refractivity contribution is 0.0965. The lowest BCUT2D eigenvalue weighted by atomic mass is 15.6. The Balaban J connectivity index is -0.000000500. The van der Waals surface area contributed by atoms with E-state index in [0.717, 1.165) is 0 Å². The van der Waals surface area contributed by atoms with Gasteiger partial charge in [-0.25, -0.2) is 0 Å². The Bertz CT molecular complexity index is 97.1. The SMILES string of the molecule is O.O.O[Si](O)(O)[O][Al-][O][Si](O)(O)O. The van der Waals surface area contributed by atoms with Crippen LogP contribution in [0.3, 0.4) is 0 Å². The van der Waals surface area contributed by atoms with E-state index in [1.807, 2.05) is 0 Å². The summed E-state index contributed by atoms with van der Waals surface area (Å²) in [5.74, 6) is 0. The fourth-order valence-electron chi connectivity index (χ4n) is 0.153. The predicted molar refractivity (Wildman–Crippen MR) is 40.0 cm³/mol. The van der Waals surface area contributed by atoms with Crippen LogP contribution in [-0.4, -0.2) is 73.7 Å². The molecule has 0 aliphatic heterocycles. The Hall–Kier alpha value is 0.566. The van der Waals surface area contributed by atoms with Crippen molar-refractivity contribution in [1.82, 2.24) is 0 Å². The largest absolute Gasteiger partial charge is 0.660 e. The van der Waals surface area contributed by atoms with E-state index in [9.17, 15) is 0 Å². The third-order valence-electron chi connectivity index (χ3n) is 0.412. The molecule has 0 amide bonds. The summed E-state index contributed by atoms with van der Waals surface area (Å²) in [7, 11) is -9.31.